The van der Waals surface area contributed by atoms with Gasteiger partial charge in [-0.1, -0.05) is 6.07 Å². The second-order valence-electron chi connectivity index (χ2n) is 7.49. The van der Waals surface area contributed by atoms with Gasteiger partial charge in [0.25, 0.3) is 0 Å². The molecule has 0 atom stereocenters. The zero-order valence-corrected chi connectivity index (χ0v) is 15.9. The SMILES string of the molecule is CN(CCN1CCOCC1)c1ccc2ccn3c4ccc(O)cc4c(=O)c1c23. The quantitative estimate of drug-likeness (QED) is 0.554. The number of hydrogen-bond acceptors (Lipinski definition) is 5. The van der Waals surface area contributed by atoms with E-state index >= 15 is 0 Å². The predicted octanol–water partition coefficient (Wildman–Crippen LogP) is 2.52. The summed E-state index contributed by atoms with van der Waals surface area (Å²) in [5, 5.41) is 12.2. The molecule has 0 spiro atoms. The van der Waals surface area contributed by atoms with Gasteiger partial charge in [-0.25, -0.2) is 0 Å². The average molecular weight is 377 g/mol. The number of benzene rings is 2. The van der Waals surface area contributed by atoms with Gasteiger partial charge in [0, 0.05) is 50.5 Å². The molecule has 0 amide bonds. The highest BCUT2D eigenvalue weighted by Gasteiger charge is 2.18. The van der Waals surface area contributed by atoms with Crippen LogP contribution in [0.5, 0.6) is 5.75 Å². The number of nitrogens with zero attached hydrogens (tertiary/aromatic N) is 3. The molecule has 1 aliphatic rings. The van der Waals surface area contributed by atoms with Crippen molar-refractivity contribution in [1.29, 1.82) is 0 Å². The molecule has 0 radical (unpaired) electrons. The van der Waals surface area contributed by atoms with Gasteiger partial charge in [-0.15, -0.1) is 0 Å². The Bertz CT molecular complexity index is 1210. The van der Waals surface area contributed by atoms with Crippen LogP contribution in [0, 0.1) is 0 Å². The van der Waals surface area contributed by atoms with Crippen LogP contribution in [-0.4, -0.2) is 60.8 Å². The van der Waals surface area contributed by atoms with E-state index in [9.17, 15) is 9.90 Å². The van der Waals surface area contributed by atoms with Crippen LogP contribution < -0.4 is 10.3 Å². The summed E-state index contributed by atoms with van der Waals surface area (Å²) < 4.78 is 7.48. The number of likely N-dealkylation sites (N-methyl/N-ethyl adjacent to an activating group) is 1. The van der Waals surface area contributed by atoms with E-state index in [0.29, 0.717) is 10.8 Å². The molecule has 0 aliphatic carbocycles. The monoisotopic (exact) mass is 377 g/mol. The first-order valence-electron chi connectivity index (χ1n) is 9.67. The maximum Gasteiger partial charge on any atom is 0.199 e. The molecule has 28 heavy (non-hydrogen) atoms. The van der Waals surface area contributed by atoms with Crippen molar-refractivity contribution in [3.05, 3.63) is 52.8 Å². The van der Waals surface area contributed by atoms with E-state index in [2.05, 4.69) is 20.3 Å². The third-order valence-electron chi connectivity index (χ3n) is 5.81. The van der Waals surface area contributed by atoms with Gasteiger partial charge >= 0.3 is 0 Å². The highest BCUT2D eigenvalue weighted by Crippen LogP contribution is 2.32. The minimum Gasteiger partial charge on any atom is -0.508 e. The third-order valence-corrected chi connectivity index (χ3v) is 5.81. The van der Waals surface area contributed by atoms with Crippen LogP contribution in [0.2, 0.25) is 0 Å². The number of aromatic nitrogens is 1. The summed E-state index contributed by atoms with van der Waals surface area (Å²) in [5.41, 5.74) is 2.66. The summed E-state index contributed by atoms with van der Waals surface area (Å²) in [6, 6.07) is 11.1. The Morgan fingerprint density at radius 1 is 1.14 bits per heavy atom. The summed E-state index contributed by atoms with van der Waals surface area (Å²) in [4.78, 5) is 17.9. The molecule has 4 aromatic rings. The molecule has 0 bridgehead atoms. The number of morpholine rings is 1. The molecule has 2 aromatic carbocycles. The summed E-state index contributed by atoms with van der Waals surface area (Å²) >= 11 is 0. The van der Waals surface area contributed by atoms with E-state index in [1.807, 2.05) is 25.4 Å². The molecule has 6 heteroatoms. The van der Waals surface area contributed by atoms with Crippen molar-refractivity contribution in [3.63, 3.8) is 0 Å². The molecule has 2 aromatic heterocycles. The van der Waals surface area contributed by atoms with E-state index in [1.54, 1.807) is 18.2 Å². The Morgan fingerprint density at radius 2 is 1.96 bits per heavy atom. The van der Waals surface area contributed by atoms with Gasteiger partial charge in [0.1, 0.15) is 5.75 Å². The number of ether oxygens (including phenoxy) is 1. The number of phenols is 1. The van der Waals surface area contributed by atoms with Crippen molar-refractivity contribution >= 4 is 32.9 Å². The lowest BCUT2D eigenvalue weighted by molar-refractivity contribution is 0.0393. The largest absolute Gasteiger partial charge is 0.508 e. The predicted molar refractivity (Wildman–Crippen MR) is 112 cm³/mol. The molecule has 6 nitrogen and oxygen atoms in total. The number of aromatic hydroxyl groups is 1. The van der Waals surface area contributed by atoms with Crippen LogP contribution in [0.15, 0.2) is 47.4 Å². The molecule has 1 saturated heterocycles. The van der Waals surface area contributed by atoms with Gasteiger partial charge in [-0.3, -0.25) is 9.69 Å². The van der Waals surface area contributed by atoms with Crippen molar-refractivity contribution in [2.24, 2.45) is 0 Å². The summed E-state index contributed by atoms with van der Waals surface area (Å²) in [6.07, 6.45) is 1.99. The van der Waals surface area contributed by atoms with Crippen LogP contribution in [-0.2, 0) is 4.74 Å². The smallest absolute Gasteiger partial charge is 0.199 e. The molecular formula is C22H23N3O3. The molecule has 3 heterocycles. The minimum absolute atomic E-state index is 0.0316. The molecule has 144 valence electrons. The Labute approximate surface area is 162 Å². The normalized spacial score (nSPS) is 15.8. The van der Waals surface area contributed by atoms with Gasteiger partial charge in [-0.2, -0.15) is 0 Å². The molecule has 1 aliphatic heterocycles. The number of phenolic OH excluding ortho intramolecular Hbond substituents is 1. The van der Waals surface area contributed by atoms with Crippen LogP contribution in [0.25, 0.3) is 27.2 Å². The van der Waals surface area contributed by atoms with E-state index in [1.165, 1.54) is 0 Å². The fourth-order valence-electron chi connectivity index (χ4n) is 4.25. The zero-order valence-electron chi connectivity index (χ0n) is 15.9. The van der Waals surface area contributed by atoms with Gasteiger partial charge in [0.2, 0.25) is 0 Å². The van der Waals surface area contributed by atoms with Crippen molar-refractivity contribution in [2.45, 2.75) is 0 Å². The van der Waals surface area contributed by atoms with Crippen molar-refractivity contribution < 1.29 is 9.84 Å². The molecule has 0 saturated carbocycles. The Hall–Kier alpha value is -2.83. The average Bonchev–Trinajstić information content (AvgIpc) is 3.15. The van der Waals surface area contributed by atoms with Crippen molar-refractivity contribution in [1.82, 2.24) is 9.30 Å². The highest BCUT2D eigenvalue weighted by molar-refractivity contribution is 6.08. The van der Waals surface area contributed by atoms with Crippen LogP contribution >= 0.6 is 0 Å². The summed E-state index contributed by atoms with van der Waals surface area (Å²) in [6.45, 7) is 5.24. The van der Waals surface area contributed by atoms with Crippen LogP contribution in [0.4, 0.5) is 5.69 Å². The highest BCUT2D eigenvalue weighted by atomic mass is 16.5. The Morgan fingerprint density at radius 3 is 2.79 bits per heavy atom. The van der Waals surface area contributed by atoms with Crippen LogP contribution in [0.3, 0.4) is 0 Å². The molecular weight excluding hydrogens is 354 g/mol. The van der Waals surface area contributed by atoms with E-state index < -0.39 is 0 Å². The topological polar surface area (TPSA) is 57.4 Å². The van der Waals surface area contributed by atoms with Gasteiger partial charge in [0.05, 0.1) is 35.0 Å². The Kier molecular flexibility index (Phi) is 4.10. The fourth-order valence-corrected chi connectivity index (χ4v) is 4.25. The molecule has 0 unspecified atom stereocenters. The summed E-state index contributed by atoms with van der Waals surface area (Å²) in [7, 11) is 2.04. The van der Waals surface area contributed by atoms with Gasteiger partial charge in [-0.05, 0) is 30.3 Å². The first-order chi connectivity index (χ1) is 13.6. The van der Waals surface area contributed by atoms with Gasteiger partial charge in [0.15, 0.2) is 5.43 Å². The van der Waals surface area contributed by atoms with Crippen molar-refractivity contribution in [2.75, 3.05) is 51.3 Å². The first-order valence-corrected chi connectivity index (χ1v) is 9.67. The molecule has 1 fully saturated rings. The third kappa shape index (κ3) is 2.68. The van der Waals surface area contributed by atoms with Crippen molar-refractivity contribution in [3.8, 4) is 5.75 Å². The number of fused-ring (bicyclic) bond motifs is 2. The first kappa shape index (κ1) is 17.3. The lowest BCUT2D eigenvalue weighted by Crippen LogP contribution is -2.40. The number of anilines is 1. The maximum atomic E-state index is 13.4. The number of rotatable bonds is 4. The second kappa shape index (κ2) is 6.65. The van der Waals surface area contributed by atoms with Gasteiger partial charge < -0.3 is 19.1 Å². The second-order valence-corrected chi connectivity index (χ2v) is 7.49. The number of pyridine rings is 1. The Balaban J connectivity index is 1.63. The fraction of sp³-hybridized carbons (Fsp3) is 0.318. The van der Waals surface area contributed by atoms with E-state index in [4.69, 9.17) is 4.74 Å². The lowest BCUT2D eigenvalue weighted by Gasteiger charge is -2.29. The summed E-state index contributed by atoms with van der Waals surface area (Å²) in [5.74, 6) is 0.108. The van der Waals surface area contributed by atoms with E-state index in [-0.39, 0.29) is 11.2 Å². The molecule has 5 rings (SSSR count). The maximum absolute atomic E-state index is 13.4. The minimum atomic E-state index is -0.0316. The molecule has 1 N–H and O–H groups in total. The zero-order chi connectivity index (χ0) is 19.3. The van der Waals surface area contributed by atoms with Crippen LogP contribution in [0.1, 0.15) is 0 Å². The lowest BCUT2D eigenvalue weighted by atomic mass is 10.1. The standard InChI is InChI=1S/C22H23N3O3/c1-23(8-9-24-10-12-28-13-11-24)19-4-2-15-6-7-25-18-5-3-16(26)14-17(18)22(27)20(19)21(15)25/h2-7,14,26H,8-13H2,1H3. The van der Waals surface area contributed by atoms with E-state index in [0.717, 1.165) is 61.5 Å². The number of hydrogen-bond donors (Lipinski definition) is 1.